The van der Waals surface area contributed by atoms with Gasteiger partial charge in [0.15, 0.2) is 16.7 Å². The molecule has 3 nitrogen and oxygen atoms in total. The van der Waals surface area contributed by atoms with Crippen LogP contribution in [0.25, 0.3) is 0 Å². The minimum atomic E-state index is -1.22. The first-order chi connectivity index (χ1) is 6.61. The standard InChI is InChI=1S/C8H6ClF2NO2/c1-14-5-3-2-4(8(9)12-13)6(10)7(5)11/h2-3,13H,1H3/b12-8-. The lowest BCUT2D eigenvalue weighted by molar-refractivity contribution is 0.320. The molecule has 1 N–H and O–H groups in total. The summed E-state index contributed by atoms with van der Waals surface area (Å²) in [7, 11) is 1.21. The molecule has 0 aliphatic heterocycles. The third-order valence-electron chi connectivity index (χ3n) is 1.58. The summed E-state index contributed by atoms with van der Waals surface area (Å²) in [5.41, 5.74) is -0.326. The van der Waals surface area contributed by atoms with Gasteiger partial charge in [0, 0.05) is 0 Å². The van der Waals surface area contributed by atoms with E-state index >= 15 is 0 Å². The minimum absolute atomic E-state index is 0.242. The van der Waals surface area contributed by atoms with Gasteiger partial charge >= 0.3 is 0 Å². The quantitative estimate of drug-likeness (QED) is 0.473. The average Bonchev–Trinajstić information content (AvgIpc) is 2.21. The topological polar surface area (TPSA) is 41.8 Å². The van der Waals surface area contributed by atoms with E-state index in [1.165, 1.54) is 13.2 Å². The van der Waals surface area contributed by atoms with Crippen molar-refractivity contribution < 1.29 is 18.7 Å². The van der Waals surface area contributed by atoms with Crippen LogP contribution in [0.3, 0.4) is 0 Å². The van der Waals surface area contributed by atoms with Gasteiger partial charge in [-0.2, -0.15) is 4.39 Å². The Bertz CT molecular complexity index is 382. The molecule has 0 spiro atoms. The number of ether oxygens (including phenoxy) is 1. The molecule has 14 heavy (non-hydrogen) atoms. The largest absolute Gasteiger partial charge is 0.494 e. The van der Waals surface area contributed by atoms with Crippen molar-refractivity contribution in [1.29, 1.82) is 0 Å². The van der Waals surface area contributed by atoms with E-state index in [0.29, 0.717) is 0 Å². The molecule has 6 heteroatoms. The Morgan fingerprint density at radius 1 is 1.43 bits per heavy atom. The van der Waals surface area contributed by atoms with Crippen LogP contribution < -0.4 is 4.74 Å². The van der Waals surface area contributed by atoms with Crippen LogP contribution in [0.1, 0.15) is 5.56 Å². The first-order valence-electron chi connectivity index (χ1n) is 3.51. The first kappa shape index (κ1) is 10.7. The van der Waals surface area contributed by atoms with Crippen molar-refractivity contribution in [3.8, 4) is 5.75 Å². The Kier molecular flexibility index (Phi) is 3.24. The molecule has 0 heterocycles. The zero-order valence-corrected chi connectivity index (χ0v) is 7.85. The Morgan fingerprint density at radius 3 is 2.57 bits per heavy atom. The highest BCUT2D eigenvalue weighted by atomic mass is 35.5. The molecular formula is C8H6ClF2NO2. The van der Waals surface area contributed by atoms with Crippen LogP contribution in [-0.4, -0.2) is 17.5 Å². The molecule has 0 amide bonds. The van der Waals surface area contributed by atoms with E-state index in [2.05, 4.69) is 9.89 Å². The molecule has 0 atom stereocenters. The molecule has 0 saturated heterocycles. The minimum Gasteiger partial charge on any atom is -0.494 e. The highest BCUT2D eigenvalue weighted by Gasteiger charge is 2.16. The first-order valence-corrected chi connectivity index (χ1v) is 3.89. The van der Waals surface area contributed by atoms with Gasteiger partial charge < -0.3 is 9.94 Å². The van der Waals surface area contributed by atoms with Crippen molar-refractivity contribution in [3.63, 3.8) is 0 Å². The maximum Gasteiger partial charge on any atom is 0.201 e. The lowest BCUT2D eigenvalue weighted by Crippen LogP contribution is -2.01. The van der Waals surface area contributed by atoms with Gasteiger partial charge in [-0.15, -0.1) is 0 Å². The summed E-state index contributed by atoms with van der Waals surface area (Å²) >= 11 is 5.32. The lowest BCUT2D eigenvalue weighted by Gasteiger charge is -2.04. The number of nitrogens with zero attached hydrogens (tertiary/aromatic N) is 1. The number of methoxy groups -OCH3 is 1. The summed E-state index contributed by atoms with van der Waals surface area (Å²) < 4.78 is 30.8. The van der Waals surface area contributed by atoms with Crippen molar-refractivity contribution in [2.24, 2.45) is 5.16 Å². The molecule has 0 unspecified atom stereocenters. The van der Waals surface area contributed by atoms with Gasteiger partial charge in [-0.3, -0.25) is 0 Å². The summed E-state index contributed by atoms with van der Waals surface area (Å²) in [4.78, 5) is 0. The van der Waals surface area contributed by atoms with Crippen molar-refractivity contribution in [2.45, 2.75) is 0 Å². The monoisotopic (exact) mass is 221 g/mol. The second-order valence-electron chi connectivity index (χ2n) is 2.33. The zero-order chi connectivity index (χ0) is 10.7. The van der Waals surface area contributed by atoms with E-state index in [1.807, 2.05) is 0 Å². The van der Waals surface area contributed by atoms with Crippen LogP contribution in [0.5, 0.6) is 5.75 Å². The van der Waals surface area contributed by atoms with Crippen LogP contribution in [0, 0.1) is 11.6 Å². The summed E-state index contributed by atoms with van der Waals surface area (Å²) in [6, 6.07) is 2.33. The fourth-order valence-corrected chi connectivity index (χ4v) is 1.05. The van der Waals surface area contributed by atoms with Crippen molar-refractivity contribution >= 4 is 16.8 Å². The van der Waals surface area contributed by atoms with Gasteiger partial charge in [0.25, 0.3) is 0 Å². The van der Waals surface area contributed by atoms with Gasteiger partial charge in [-0.25, -0.2) is 4.39 Å². The third kappa shape index (κ3) is 1.77. The maximum atomic E-state index is 13.2. The van der Waals surface area contributed by atoms with Gasteiger partial charge in [0.05, 0.1) is 12.7 Å². The van der Waals surface area contributed by atoms with Crippen molar-refractivity contribution in [1.82, 2.24) is 0 Å². The van der Waals surface area contributed by atoms with E-state index < -0.39 is 16.8 Å². The number of rotatable bonds is 2. The number of benzene rings is 1. The van der Waals surface area contributed by atoms with E-state index in [9.17, 15) is 8.78 Å². The Balaban J connectivity index is 3.31. The lowest BCUT2D eigenvalue weighted by atomic mass is 10.2. The van der Waals surface area contributed by atoms with E-state index in [4.69, 9.17) is 16.8 Å². The van der Waals surface area contributed by atoms with Crippen LogP contribution in [0.4, 0.5) is 8.78 Å². The van der Waals surface area contributed by atoms with Crippen LogP contribution in [0.15, 0.2) is 17.3 Å². The van der Waals surface area contributed by atoms with E-state index in [1.54, 1.807) is 0 Å². The maximum absolute atomic E-state index is 13.2. The normalized spacial score (nSPS) is 11.6. The Morgan fingerprint density at radius 2 is 2.07 bits per heavy atom. The highest BCUT2D eigenvalue weighted by Crippen LogP contribution is 2.23. The molecule has 0 aliphatic carbocycles. The van der Waals surface area contributed by atoms with Gasteiger partial charge in [-0.1, -0.05) is 16.8 Å². The van der Waals surface area contributed by atoms with Gasteiger partial charge in [0.1, 0.15) is 0 Å². The SMILES string of the molecule is COc1ccc(/C(Cl)=N/O)c(F)c1F. The molecule has 1 aromatic rings. The predicted molar refractivity (Wildman–Crippen MR) is 47.1 cm³/mol. The third-order valence-corrected chi connectivity index (χ3v) is 1.86. The highest BCUT2D eigenvalue weighted by molar-refractivity contribution is 6.69. The van der Waals surface area contributed by atoms with E-state index in [0.717, 1.165) is 6.07 Å². The smallest absolute Gasteiger partial charge is 0.201 e. The van der Waals surface area contributed by atoms with Crippen molar-refractivity contribution in [3.05, 3.63) is 29.3 Å². The number of halogens is 3. The molecule has 0 aromatic heterocycles. The molecule has 0 radical (unpaired) electrons. The number of oxime groups is 1. The predicted octanol–water partition coefficient (Wildman–Crippen LogP) is 2.35. The molecule has 1 aromatic carbocycles. The fraction of sp³-hybridized carbons (Fsp3) is 0.125. The second-order valence-corrected chi connectivity index (χ2v) is 2.69. The van der Waals surface area contributed by atoms with Crippen molar-refractivity contribution in [2.75, 3.05) is 7.11 Å². The van der Waals surface area contributed by atoms with Crippen LogP contribution in [0.2, 0.25) is 0 Å². The number of hydrogen-bond donors (Lipinski definition) is 1. The summed E-state index contributed by atoms with van der Waals surface area (Å²) in [6.07, 6.45) is 0. The van der Waals surface area contributed by atoms with Gasteiger partial charge in [0.2, 0.25) is 5.82 Å². The summed E-state index contributed by atoms with van der Waals surface area (Å²) in [5, 5.41) is 10.3. The zero-order valence-electron chi connectivity index (χ0n) is 7.09. The van der Waals surface area contributed by atoms with Crippen LogP contribution >= 0.6 is 11.6 Å². The fourth-order valence-electron chi connectivity index (χ4n) is 0.903. The second kappa shape index (κ2) is 4.23. The molecular weight excluding hydrogens is 216 g/mol. The molecule has 76 valence electrons. The van der Waals surface area contributed by atoms with Gasteiger partial charge in [-0.05, 0) is 12.1 Å². The molecule has 0 aliphatic rings. The Labute approximate surface area is 83.6 Å². The number of hydrogen-bond acceptors (Lipinski definition) is 3. The molecule has 1 rings (SSSR count). The van der Waals surface area contributed by atoms with E-state index in [-0.39, 0.29) is 11.3 Å². The summed E-state index contributed by atoms with van der Waals surface area (Å²) in [6.45, 7) is 0. The molecule has 0 bridgehead atoms. The summed E-state index contributed by atoms with van der Waals surface area (Å²) in [5.74, 6) is -2.63. The van der Waals surface area contributed by atoms with Crippen LogP contribution in [-0.2, 0) is 0 Å². The Hall–Kier alpha value is -1.36. The average molecular weight is 222 g/mol. The molecule has 0 fully saturated rings. The molecule has 0 saturated carbocycles.